The fraction of sp³-hybridized carbons (Fsp3) is 0.545. The van der Waals surface area contributed by atoms with E-state index in [0.29, 0.717) is 38.5 Å². The quantitative estimate of drug-likeness (QED) is 0.481. The Kier molecular flexibility index (Phi) is 5.58. The molecule has 0 unspecified atom stereocenters. The van der Waals surface area contributed by atoms with Gasteiger partial charge < -0.3 is 0 Å². The molecule has 4 nitrogen and oxygen atoms in total. The normalized spacial score (nSPS) is 28.3. The first-order chi connectivity index (χ1) is 12.8. The van der Waals surface area contributed by atoms with Gasteiger partial charge in [0, 0.05) is 18.4 Å². The molecule has 2 aliphatic carbocycles. The number of thiol groups is 1. The molecule has 1 aromatic rings. The minimum Gasteiger partial charge on any atom is -0.299 e. The van der Waals surface area contributed by atoms with Crippen LogP contribution in [-0.4, -0.2) is 25.2 Å². The molecule has 2 saturated carbocycles. The molecule has 27 heavy (non-hydrogen) atoms. The molecule has 0 radical (unpaired) electrons. The third-order valence-electron chi connectivity index (χ3n) is 6.21. The zero-order valence-corrected chi connectivity index (χ0v) is 17.0. The van der Waals surface area contributed by atoms with Crippen molar-refractivity contribution in [3.63, 3.8) is 0 Å². The van der Waals surface area contributed by atoms with E-state index in [0.717, 1.165) is 22.3 Å². The van der Waals surface area contributed by atoms with Gasteiger partial charge in [0.05, 0.1) is 5.25 Å². The van der Waals surface area contributed by atoms with E-state index in [2.05, 4.69) is 11.8 Å². The van der Waals surface area contributed by atoms with E-state index in [9.17, 15) is 18.0 Å². The molecule has 144 valence electrons. The molecule has 0 heterocycles. The van der Waals surface area contributed by atoms with E-state index in [1.807, 2.05) is 26.0 Å². The summed E-state index contributed by atoms with van der Waals surface area (Å²) in [6.45, 7) is 5.65. The van der Waals surface area contributed by atoms with Crippen molar-refractivity contribution in [3.05, 3.63) is 34.4 Å². The standard InChI is InChI=1S/C22H26O4S/c1-4-5-16-10-14(2)20(15(3)11-16)21-18(23)12-22(13-19(21)24)8-6-17(7-9-22)27(25)26/h10-11,17,21,27H,6-9,12-13H2,1-3H3. The van der Waals surface area contributed by atoms with Crippen LogP contribution < -0.4 is 0 Å². The van der Waals surface area contributed by atoms with Crippen LogP contribution in [0, 0.1) is 31.1 Å². The Bertz CT molecular complexity index is 870. The third-order valence-corrected chi connectivity index (χ3v) is 7.32. The van der Waals surface area contributed by atoms with Gasteiger partial charge in [0.15, 0.2) is 0 Å². The average Bonchev–Trinajstić information content (AvgIpc) is 2.57. The van der Waals surface area contributed by atoms with Crippen molar-refractivity contribution in [2.45, 2.75) is 70.5 Å². The maximum Gasteiger partial charge on any atom is 0.148 e. The van der Waals surface area contributed by atoms with Crippen molar-refractivity contribution >= 4 is 22.3 Å². The van der Waals surface area contributed by atoms with E-state index in [4.69, 9.17) is 0 Å². The molecule has 0 bridgehead atoms. The summed E-state index contributed by atoms with van der Waals surface area (Å²) in [7, 11) is -2.42. The lowest BCUT2D eigenvalue weighted by Gasteiger charge is -2.42. The highest BCUT2D eigenvalue weighted by molar-refractivity contribution is 7.73. The van der Waals surface area contributed by atoms with Gasteiger partial charge in [-0.1, -0.05) is 5.92 Å². The zero-order chi connectivity index (χ0) is 19.8. The monoisotopic (exact) mass is 386 g/mol. The predicted molar refractivity (Wildman–Crippen MR) is 105 cm³/mol. The van der Waals surface area contributed by atoms with Gasteiger partial charge in [0.25, 0.3) is 0 Å². The summed E-state index contributed by atoms with van der Waals surface area (Å²) in [5.74, 6) is 5.19. The minimum atomic E-state index is -2.42. The summed E-state index contributed by atoms with van der Waals surface area (Å²) >= 11 is 0. The number of benzene rings is 1. The van der Waals surface area contributed by atoms with E-state index in [1.165, 1.54) is 0 Å². The molecule has 2 aliphatic rings. The average molecular weight is 387 g/mol. The van der Waals surface area contributed by atoms with Crippen molar-refractivity contribution in [3.8, 4) is 11.8 Å². The largest absolute Gasteiger partial charge is 0.299 e. The van der Waals surface area contributed by atoms with Crippen LogP contribution in [0.25, 0.3) is 0 Å². The van der Waals surface area contributed by atoms with Crippen LogP contribution in [0.3, 0.4) is 0 Å². The molecule has 0 atom stereocenters. The summed E-state index contributed by atoms with van der Waals surface area (Å²) in [6, 6.07) is 3.89. The lowest BCUT2D eigenvalue weighted by molar-refractivity contribution is -0.137. The van der Waals surface area contributed by atoms with E-state index in [-0.39, 0.29) is 22.2 Å². The highest BCUT2D eigenvalue weighted by Gasteiger charge is 2.47. The van der Waals surface area contributed by atoms with Gasteiger partial charge in [-0.3, -0.25) is 9.59 Å². The maximum atomic E-state index is 13.0. The summed E-state index contributed by atoms with van der Waals surface area (Å²) in [5.41, 5.74) is 3.26. The first-order valence-electron chi connectivity index (χ1n) is 9.49. The smallest absolute Gasteiger partial charge is 0.148 e. The first-order valence-corrected chi connectivity index (χ1v) is 10.7. The summed E-state index contributed by atoms with van der Waals surface area (Å²) in [6.07, 6.45) is 3.17. The highest BCUT2D eigenvalue weighted by atomic mass is 32.2. The Morgan fingerprint density at radius 1 is 1.00 bits per heavy atom. The van der Waals surface area contributed by atoms with Gasteiger partial charge in [-0.15, -0.1) is 5.92 Å². The zero-order valence-electron chi connectivity index (χ0n) is 16.1. The lowest BCUT2D eigenvalue weighted by Crippen LogP contribution is -2.42. The van der Waals surface area contributed by atoms with Crippen LogP contribution in [-0.2, 0) is 20.3 Å². The third kappa shape index (κ3) is 3.87. The van der Waals surface area contributed by atoms with Crippen LogP contribution in [0.4, 0.5) is 0 Å². The first kappa shape index (κ1) is 19.8. The molecule has 2 fully saturated rings. The predicted octanol–water partition coefficient (Wildman–Crippen LogP) is 3.23. The van der Waals surface area contributed by atoms with Gasteiger partial charge in [0.2, 0.25) is 0 Å². The fourth-order valence-corrected chi connectivity index (χ4v) is 5.61. The molecule has 5 heteroatoms. The number of ketones is 2. The van der Waals surface area contributed by atoms with Crippen LogP contribution >= 0.6 is 0 Å². The van der Waals surface area contributed by atoms with E-state index in [1.54, 1.807) is 6.92 Å². The number of carbonyl (C=O) groups excluding carboxylic acids is 2. The number of rotatable bonds is 2. The highest BCUT2D eigenvalue weighted by Crippen LogP contribution is 2.49. The topological polar surface area (TPSA) is 68.3 Å². The van der Waals surface area contributed by atoms with Crippen LogP contribution in [0.1, 0.15) is 73.6 Å². The molecule has 0 amide bonds. The van der Waals surface area contributed by atoms with Gasteiger partial charge in [0.1, 0.15) is 28.2 Å². The maximum absolute atomic E-state index is 13.0. The van der Waals surface area contributed by atoms with Crippen molar-refractivity contribution in [2.75, 3.05) is 0 Å². The van der Waals surface area contributed by atoms with Crippen molar-refractivity contribution < 1.29 is 18.0 Å². The molecular formula is C22H26O4S. The van der Waals surface area contributed by atoms with Crippen molar-refractivity contribution in [1.29, 1.82) is 0 Å². The molecule has 3 rings (SSSR count). The second-order valence-electron chi connectivity index (χ2n) is 8.13. The van der Waals surface area contributed by atoms with Crippen LogP contribution in [0.2, 0.25) is 0 Å². The number of Topliss-reactive ketones (excluding diaryl/α,β-unsaturated/α-hetero) is 2. The number of hydrogen-bond acceptors (Lipinski definition) is 4. The van der Waals surface area contributed by atoms with E-state index < -0.39 is 16.6 Å². The molecule has 0 aliphatic heterocycles. The Morgan fingerprint density at radius 3 is 1.96 bits per heavy atom. The van der Waals surface area contributed by atoms with Crippen molar-refractivity contribution in [1.82, 2.24) is 0 Å². The lowest BCUT2D eigenvalue weighted by atomic mass is 9.61. The van der Waals surface area contributed by atoms with Gasteiger partial charge in [-0.05, 0) is 80.7 Å². The van der Waals surface area contributed by atoms with E-state index >= 15 is 0 Å². The molecule has 1 spiro atoms. The minimum absolute atomic E-state index is 0.0169. The van der Waals surface area contributed by atoms with Gasteiger partial charge >= 0.3 is 0 Å². The Hall–Kier alpha value is -1.93. The summed E-state index contributed by atoms with van der Waals surface area (Å²) < 4.78 is 22.5. The Morgan fingerprint density at radius 2 is 1.52 bits per heavy atom. The number of carbonyl (C=O) groups is 2. The van der Waals surface area contributed by atoms with Gasteiger partial charge in [-0.2, -0.15) is 0 Å². The molecule has 0 saturated heterocycles. The second kappa shape index (κ2) is 7.59. The summed E-state index contributed by atoms with van der Waals surface area (Å²) in [5, 5.41) is -0.301. The second-order valence-corrected chi connectivity index (χ2v) is 9.44. The SMILES string of the molecule is CC#Cc1cc(C)c(C2C(=O)CC3(CCC([SH](=O)=O)CC3)CC2=O)c(C)c1. The van der Waals surface area contributed by atoms with Crippen molar-refractivity contribution in [2.24, 2.45) is 5.41 Å². The summed E-state index contributed by atoms with van der Waals surface area (Å²) in [4.78, 5) is 26.1. The fourth-order valence-electron chi connectivity index (χ4n) is 4.93. The Labute approximate surface area is 162 Å². The number of aryl methyl sites for hydroxylation is 2. The molecule has 0 N–H and O–H groups in total. The van der Waals surface area contributed by atoms with Gasteiger partial charge in [-0.25, -0.2) is 8.42 Å². The van der Waals surface area contributed by atoms with Crippen LogP contribution in [0.5, 0.6) is 0 Å². The molecular weight excluding hydrogens is 360 g/mol. The molecule has 1 aromatic carbocycles. The Balaban J connectivity index is 1.86. The number of hydrogen-bond donors (Lipinski definition) is 1. The molecule has 0 aromatic heterocycles. The van der Waals surface area contributed by atoms with Crippen LogP contribution in [0.15, 0.2) is 12.1 Å².